The second-order valence-electron chi connectivity index (χ2n) is 4.92. The van der Waals surface area contributed by atoms with Gasteiger partial charge in [-0.05, 0) is 49.1 Å². The molecule has 0 amide bonds. The van der Waals surface area contributed by atoms with E-state index in [1.165, 1.54) is 5.56 Å². The molecule has 0 saturated carbocycles. The van der Waals surface area contributed by atoms with Crippen molar-refractivity contribution < 1.29 is 9.84 Å². The van der Waals surface area contributed by atoms with Gasteiger partial charge in [0.1, 0.15) is 11.5 Å². The number of benzene rings is 1. The zero-order valence-electron chi connectivity index (χ0n) is 11.0. The summed E-state index contributed by atoms with van der Waals surface area (Å²) in [5.74, 6) is 1.26. The number of nitrogens with zero attached hydrogens (tertiary/aromatic N) is 1. The van der Waals surface area contributed by atoms with Crippen LogP contribution in [0.15, 0.2) is 36.5 Å². The Bertz CT molecular complexity index is 595. The highest BCUT2D eigenvalue weighted by Gasteiger charge is 2.25. The second-order valence-corrected chi connectivity index (χ2v) is 4.92. The van der Waals surface area contributed by atoms with Crippen LogP contribution in [0.2, 0.25) is 0 Å². The quantitative estimate of drug-likeness (QED) is 0.895. The summed E-state index contributed by atoms with van der Waals surface area (Å²) < 4.78 is 5.26. The van der Waals surface area contributed by atoms with Crippen molar-refractivity contribution in [1.82, 2.24) is 4.98 Å². The standard InChI is InChI=1S/C16H17NO2/c1-19-12-7-8-15(18)14(10-12)13-6-2-4-11-5-3-9-17-16(11)13/h3,5,7-10,13,18H,2,4,6H2,1H3. The van der Waals surface area contributed by atoms with Crippen molar-refractivity contribution in [2.45, 2.75) is 25.2 Å². The molecule has 3 rings (SSSR count). The molecule has 0 fully saturated rings. The maximum absolute atomic E-state index is 10.1. The van der Waals surface area contributed by atoms with Crippen LogP contribution in [-0.2, 0) is 6.42 Å². The third-order valence-electron chi connectivity index (χ3n) is 3.81. The van der Waals surface area contributed by atoms with E-state index in [9.17, 15) is 5.11 Å². The van der Waals surface area contributed by atoms with Gasteiger partial charge in [-0.3, -0.25) is 4.98 Å². The summed E-state index contributed by atoms with van der Waals surface area (Å²) in [7, 11) is 1.64. The van der Waals surface area contributed by atoms with Gasteiger partial charge in [-0.15, -0.1) is 0 Å². The molecule has 2 aromatic rings. The van der Waals surface area contributed by atoms with E-state index in [2.05, 4.69) is 11.1 Å². The van der Waals surface area contributed by atoms with E-state index < -0.39 is 0 Å². The Hall–Kier alpha value is -2.03. The second kappa shape index (κ2) is 4.92. The largest absolute Gasteiger partial charge is 0.508 e. The van der Waals surface area contributed by atoms with Crippen molar-refractivity contribution in [2.24, 2.45) is 0 Å². The molecule has 0 saturated heterocycles. The summed E-state index contributed by atoms with van der Waals surface area (Å²) >= 11 is 0. The van der Waals surface area contributed by atoms with Gasteiger partial charge in [0.05, 0.1) is 12.8 Å². The number of fused-ring (bicyclic) bond motifs is 1. The minimum atomic E-state index is 0.167. The van der Waals surface area contributed by atoms with Gasteiger partial charge < -0.3 is 9.84 Å². The molecule has 1 N–H and O–H groups in total. The van der Waals surface area contributed by atoms with Crippen LogP contribution >= 0.6 is 0 Å². The lowest BCUT2D eigenvalue weighted by atomic mass is 9.82. The van der Waals surface area contributed by atoms with Gasteiger partial charge in [0, 0.05) is 17.7 Å². The van der Waals surface area contributed by atoms with Crippen molar-refractivity contribution in [1.29, 1.82) is 0 Å². The zero-order chi connectivity index (χ0) is 13.2. The van der Waals surface area contributed by atoms with Crippen molar-refractivity contribution in [3.05, 3.63) is 53.3 Å². The van der Waals surface area contributed by atoms with Gasteiger partial charge in [-0.1, -0.05) is 6.07 Å². The molecule has 1 aromatic heterocycles. The molecule has 1 aromatic carbocycles. The molecule has 1 unspecified atom stereocenters. The summed E-state index contributed by atoms with van der Waals surface area (Å²) in [6.45, 7) is 0. The smallest absolute Gasteiger partial charge is 0.119 e. The number of aromatic nitrogens is 1. The predicted octanol–water partition coefficient (Wildman–Crippen LogP) is 3.26. The van der Waals surface area contributed by atoms with Crippen molar-refractivity contribution in [2.75, 3.05) is 7.11 Å². The average Bonchev–Trinajstić information content (AvgIpc) is 2.47. The molecule has 0 aliphatic heterocycles. The highest BCUT2D eigenvalue weighted by molar-refractivity contribution is 5.46. The lowest BCUT2D eigenvalue weighted by Gasteiger charge is -2.25. The molecular formula is C16H17NO2. The van der Waals surface area contributed by atoms with E-state index in [-0.39, 0.29) is 5.92 Å². The summed E-state index contributed by atoms with van der Waals surface area (Å²) in [6.07, 6.45) is 5.05. The van der Waals surface area contributed by atoms with Crippen LogP contribution in [0.1, 0.15) is 35.6 Å². The number of hydrogen-bond acceptors (Lipinski definition) is 3. The van der Waals surface area contributed by atoms with Crippen molar-refractivity contribution >= 4 is 0 Å². The Balaban J connectivity index is 2.08. The van der Waals surface area contributed by atoms with Gasteiger partial charge in [0.15, 0.2) is 0 Å². The van der Waals surface area contributed by atoms with Crippen LogP contribution in [0.3, 0.4) is 0 Å². The number of rotatable bonds is 2. The number of phenolic OH excluding ortho intramolecular Hbond substituents is 1. The first-order valence-electron chi connectivity index (χ1n) is 6.60. The number of ether oxygens (including phenoxy) is 1. The van der Waals surface area contributed by atoms with E-state index >= 15 is 0 Å². The number of aromatic hydroxyl groups is 1. The lowest BCUT2D eigenvalue weighted by Crippen LogP contribution is -2.13. The van der Waals surface area contributed by atoms with E-state index in [1.54, 1.807) is 19.2 Å². The Labute approximate surface area is 112 Å². The molecule has 3 nitrogen and oxygen atoms in total. The first-order chi connectivity index (χ1) is 9.29. The van der Waals surface area contributed by atoms with Gasteiger partial charge in [-0.25, -0.2) is 0 Å². The number of phenols is 1. The Kier molecular flexibility index (Phi) is 3.11. The predicted molar refractivity (Wildman–Crippen MR) is 73.7 cm³/mol. The van der Waals surface area contributed by atoms with E-state index in [4.69, 9.17) is 4.74 Å². The first-order valence-corrected chi connectivity index (χ1v) is 6.60. The van der Waals surface area contributed by atoms with Gasteiger partial charge in [-0.2, -0.15) is 0 Å². The summed E-state index contributed by atoms with van der Waals surface area (Å²) in [5, 5.41) is 10.1. The summed E-state index contributed by atoms with van der Waals surface area (Å²) in [5.41, 5.74) is 3.30. The SMILES string of the molecule is COc1ccc(O)c(C2CCCc3cccnc32)c1. The van der Waals surface area contributed by atoms with Crippen molar-refractivity contribution in [3.63, 3.8) is 0 Å². The fraction of sp³-hybridized carbons (Fsp3) is 0.312. The van der Waals surface area contributed by atoms with E-state index in [0.29, 0.717) is 5.75 Å². The maximum atomic E-state index is 10.1. The molecule has 98 valence electrons. The molecule has 1 aliphatic carbocycles. The Morgan fingerprint density at radius 1 is 1.32 bits per heavy atom. The number of aryl methyl sites for hydroxylation is 1. The summed E-state index contributed by atoms with van der Waals surface area (Å²) in [4.78, 5) is 4.52. The minimum absolute atomic E-state index is 0.167. The Morgan fingerprint density at radius 2 is 2.21 bits per heavy atom. The van der Waals surface area contributed by atoms with Crippen LogP contribution in [0, 0.1) is 0 Å². The topological polar surface area (TPSA) is 42.4 Å². The molecule has 0 spiro atoms. The zero-order valence-corrected chi connectivity index (χ0v) is 11.0. The molecule has 0 bridgehead atoms. The highest BCUT2D eigenvalue weighted by Crippen LogP contribution is 2.40. The van der Waals surface area contributed by atoms with Gasteiger partial charge >= 0.3 is 0 Å². The molecule has 0 radical (unpaired) electrons. The Morgan fingerprint density at radius 3 is 3.05 bits per heavy atom. The van der Waals surface area contributed by atoms with Crippen LogP contribution in [0.4, 0.5) is 0 Å². The highest BCUT2D eigenvalue weighted by atomic mass is 16.5. The normalized spacial score (nSPS) is 17.8. The van der Waals surface area contributed by atoms with E-state index in [1.807, 2.05) is 18.3 Å². The average molecular weight is 255 g/mol. The number of methoxy groups -OCH3 is 1. The monoisotopic (exact) mass is 255 g/mol. The molecule has 19 heavy (non-hydrogen) atoms. The number of hydrogen-bond donors (Lipinski definition) is 1. The van der Waals surface area contributed by atoms with Crippen LogP contribution in [-0.4, -0.2) is 17.2 Å². The van der Waals surface area contributed by atoms with Gasteiger partial charge in [0.25, 0.3) is 0 Å². The molecular weight excluding hydrogens is 238 g/mol. The first kappa shape index (κ1) is 12.0. The molecule has 3 heteroatoms. The lowest BCUT2D eigenvalue weighted by molar-refractivity contribution is 0.409. The third-order valence-corrected chi connectivity index (χ3v) is 3.81. The van der Waals surface area contributed by atoms with Crippen molar-refractivity contribution in [3.8, 4) is 11.5 Å². The minimum Gasteiger partial charge on any atom is -0.508 e. The fourth-order valence-corrected chi connectivity index (χ4v) is 2.85. The molecule has 1 atom stereocenters. The fourth-order valence-electron chi connectivity index (χ4n) is 2.85. The maximum Gasteiger partial charge on any atom is 0.119 e. The molecule has 1 aliphatic rings. The van der Waals surface area contributed by atoms with Crippen LogP contribution in [0.5, 0.6) is 11.5 Å². The summed E-state index contributed by atoms with van der Waals surface area (Å²) in [6, 6.07) is 9.51. The van der Waals surface area contributed by atoms with Gasteiger partial charge in [0.2, 0.25) is 0 Å². The molecule has 1 heterocycles. The van der Waals surface area contributed by atoms with Crippen LogP contribution in [0.25, 0.3) is 0 Å². The van der Waals surface area contributed by atoms with E-state index in [0.717, 1.165) is 36.3 Å². The third kappa shape index (κ3) is 2.16. The van der Waals surface area contributed by atoms with Crippen LogP contribution < -0.4 is 4.74 Å². The number of pyridine rings is 1.